The van der Waals surface area contributed by atoms with Crippen LogP contribution in [-0.2, 0) is 6.54 Å². The zero-order chi connectivity index (χ0) is 15.7. The summed E-state index contributed by atoms with van der Waals surface area (Å²) in [5.74, 6) is 0.986. The van der Waals surface area contributed by atoms with Gasteiger partial charge in [-0.05, 0) is 36.4 Å². The van der Waals surface area contributed by atoms with Crippen molar-refractivity contribution in [2.24, 2.45) is 0 Å². The SMILES string of the molecule is c1ccc(CNCCCCOc2cccc3ccccc23)cc1. The lowest BCUT2D eigenvalue weighted by Crippen LogP contribution is -2.15. The van der Waals surface area contributed by atoms with Crippen LogP contribution in [0.1, 0.15) is 18.4 Å². The van der Waals surface area contributed by atoms with Crippen molar-refractivity contribution < 1.29 is 4.74 Å². The summed E-state index contributed by atoms with van der Waals surface area (Å²) in [7, 11) is 0. The normalized spacial score (nSPS) is 10.8. The van der Waals surface area contributed by atoms with Crippen LogP contribution in [0.4, 0.5) is 0 Å². The lowest BCUT2D eigenvalue weighted by Gasteiger charge is -2.09. The summed E-state index contributed by atoms with van der Waals surface area (Å²) >= 11 is 0. The zero-order valence-corrected chi connectivity index (χ0v) is 13.4. The summed E-state index contributed by atoms with van der Waals surface area (Å²) in [6.07, 6.45) is 2.18. The van der Waals surface area contributed by atoms with E-state index in [0.29, 0.717) is 0 Å². The zero-order valence-electron chi connectivity index (χ0n) is 13.4. The quantitative estimate of drug-likeness (QED) is 0.604. The van der Waals surface area contributed by atoms with E-state index in [0.717, 1.165) is 38.3 Å². The Balaban J connectivity index is 1.37. The summed E-state index contributed by atoms with van der Waals surface area (Å²) in [4.78, 5) is 0. The number of nitrogens with one attached hydrogen (secondary N) is 1. The van der Waals surface area contributed by atoms with Crippen LogP contribution in [0.2, 0.25) is 0 Å². The molecule has 0 radical (unpaired) electrons. The molecule has 0 saturated carbocycles. The van der Waals surface area contributed by atoms with E-state index in [1.54, 1.807) is 0 Å². The third kappa shape index (κ3) is 4.57. The number of hydrogen-bond donors (Lipinski definition) is 1. The van der Waals surface area contributed by atoms with E-state index >= 15 is 0 Å². The Morgan fingerprint density at radius 2 is 1.52 bits per heavy atom. The van der Waals surface area contributed by atoms with Crippen molar-refractivity contribution in [1.29, 1.82) is 0 Å². The molecule has 0 saturated heterocycles. The molecule has 118 valence electrons. The molecule has 0 atom stereocenters. The van der Waals surface area contributed by atoms with Gasteiger partial charge in [0, 0.05) is 11.9 Å². The molecule has 0 aliphatic heterocycles. The van der Waals surface area contributed by atoms with Gasteiger partial charge in [-0.2, -0.15) is 0 Å². The van der Waals surface area contributed by atoms with Gasteiger partial charge in [0.15, 0.2) is 0 Å². The van der Waals surface area contributed by atoms with Gasteiger partial charge in [-0.15, -0.1) is 0 Å². The molecule has 0 spiro atoms. The van der Waals surface area contributed by atoms with Crippen molar-refractivity contribution in [3.05, 3.63) is 78.4 Å². The van der Waals surface area contributed by atoms with E-state index < -0.39 is 0 Å². The van der Waals surface area contributed by atoms with Crippen molar-refractivity contribution in [2.75, 3.05) is 13.2 Å². The molecule has 0 amide bonds. The molecule has 23 heavy (non-hydrogen) atoms. The maximum atomic E-state index is 5.96. The highest BCUT2D eigenvalue weighted by Crippen LogP contribution is 2.25. The average Bonchev–Trinajstić information content (AvgIpc) is 2.62. The highest BCUT2D eigenvalue weighted by Gasteiger charge is 2.00. The molecule has 0 aliphatic carbocycles. The fourth-order valence-electron chi connectivity index (χ4n) is 2.68. The number of hydrogen-bond acceptors (Lipinski definition) is 2. The van der Waals surface area contributed by atoms with Gasteiger partial charge in [0.05, 0.1) is 6.61 Å². The minimum Gasteiger partial charge on any atom is -0.493 e. The highest BCUT2D eigenvalue weighted by atomic mass is 16.5. The predicted octanol–water partition coefficient (Wildman–Crippen LogP) is 4.79. The molecule has 3 aromatic carbocycles. The van der Waals surface area contributed by atoms with E-state index in [9.17, 15) is 0 Å². The molecule has 1 N–H and O–H groups in total. The lowest BCUT2D eigenvalue weighted by molar-refractivity contribution is 0.309. The predicted molar refractivity (Wildman–Crippen MR) is 96.8 cm³/mol. The third-order valence-corrected chi connectivity index (χ3v) is 3.93. The van der Waals surface area contributed by atoms with E-state index in [4.69, 9.17) is 4.74 Å². The van der Waals surface area contributed by atoms with Gasteiger partial charge >= 0.3 is 0 Å². The van der Waals surface area contributed by atoms with Gasteiger partial charge in [-0.3, -0.25) is 0 Å². The molecule has 0 aromatic heterocycles. The summed E-state index contributed by atoms with van der Waals surface area (Å²) in [6.45, 7) is 2.72. The number of fused-ring (bicyclic) bond motifs is 1. The second-order valence-electron chi connectivity index (χ2n) is 5.70. The van der Waals surface area contributed by atoms with Gasteiger partial charge in [-0.25, -0.2) is 0 Å². The molecule has 0 aliphatic rings. The summed E-state index contributed by atoms with van der Waals surface area (Å²) in [6, 6.07) is 25.1. The number of benzene rings is 3. The molecular weight excluding hydrogens is 282 g/mol. The fraction of sp³-hybridized carbons (Fsp3) is 0.238. The van der Waals surface area contributed by atoms with Crippen LogP contribution >= 0.6 is 0 Å². The Morgan fingerprint density at radius 3 is 2.43 bits per heavy atom. The first-order chi connectivity index (χ1) is 11.4. The Morgan fingerprint density at radius 1 is 0.739 bits per heavy atom. The second kappa shape index (κ2) is 8.35. The minimum atomic E-state index is 0.765. The first-order valence-corrected chi connectivity index (χ1v) is 8.29. The molecule has 0 bridgehead atoms. The van der Waals surface area contributed by atoms with Crippen LogP contribution in [0.3, 0.4) is 0 Å². The van der Waals surface area contributed by atoms with Crippen molar-refractivity contribution in [1.82, 2.24) is 5.32 Å². The van der Waals surface area contributed by atoms with Crippen LogP contribution in [0.15, 0.2) is 72.8 Å². The topological polar surface area (TPSA) is 21.3 Å². The maximum Gasteiger partial charge on any atom is 0.127 e. The summed E-state index contributed by atoms with van der Waals surface area (Å²) in [5.41, 5.74) is 1.33. The molecule has 3 rings (SSSR count). The maximum absolute atomic E-state index is 5.96. The Labute approximate surface area is 138 Å². The molecule has 0 unspecified atom stereocenters. The Hall–Kier alpha value is -2.32. The van der Waals surface area contributed by atoms with Gasteiger partial charge < -0.3 is 10.1 Å². The highest BCUT2D eigenvalue weighted by molar-refractivity contribution is 5.88. The van der Waals surface area contributed by atoms with Crippen molar-refractivity contribution in [3.63, 3.8) is 0 Å². The second-order valence-corrected chi connectivity index (χ2v) is 5.70. The fourth-order valence-corrected chi connectivity index (χ4v) is 2.68. The van der Waals surface area contributed by atoms with Crippen molar-refractivity contribution >= 4 is 10.8 Å². The monoisotopic (exact) mass is 305 g/mol. The van der Waals surface area contributed by atoms with Crippen molar-refractivity contribution in [3.8, 4) is 5.75 Å². The van der Waals surface area contributed by atoms with Crippen LogP contribution in [-0.4, -0.2) is 13.2 Å². The van der Waals surface area contributed by atoms with E-state index in [-0.39, 0.29) is 0 Å². The van der Waals surface area contributed by atoms with Gasteiger partial charge in [-0.1, -0.05) is 66.7 Å². The van der Waals surface area contributed by atoms with Crippen LogP contribution < -0.4 is 10.1 Å². The largest absolute Gasteiger partial charge is 0.493 e. The molecule has 0 heterocycles. The molecule has 2 heteroatoms. The van der Waals surface area contributed by atoms with Gasteiger partial charge in [0.2, 0.25) is 0 Å². The first kappa shape index (κ1) is 15.6. The Bertz CT molecular complexity index is 719. The first-order valence-electron chi connectivity index (χ1n) is 8.29. The van der Waals surface area contributed by atoms with E-state index in [1.807, 2.05) is 6.07 Å². The summed E-state index contributed by atoms with van der Waals surface area (Å²) < 4.78 is 5.96. The smallest absolute Gasteiger partial charge is 0.127 e. The molecule has 3 aromatic rings. The molecule has 2 nitrogen and oxygen atoms in total. The minimum absolute atomic E-state index is 0.765. The number of unbranched alkanes of at least 4 members (excludes halogenated alkanes) is 1. The third-order valence-electron chi connectivity index (χ3n) is 3.93. The van der Waals surface area contributed by atoms with Gasteiger partial charge in [0.25, 0.3) is 0 Å². The van der Waals surface area contributed by atoms with Gasteiger partial charge in [0.1, 0.15) is 5.75 Å². The van der Waals surface area contributed by atoms with Crippen LogP contribution in [0, 0.1) is 0 Å². The Kier molecular flexibility index (Phi) is 5.65. The number of ether oxygens (including phenoxy) is 1. The average molecular weight is 305 g/mol. The van der Waals surface area contributed by atoms with E-state index in [1.165, 1.54) is 16.3 Å². The lowest BCUT2D eigenvalue weighted by atomic mass is 10.1. The standard InChI is InChI=1S/C21H23NO/c1-2-9-18(10-3-1)17-22-15-6-7-16-23-21-14-8-12-19-11-4-5-13-20(19)21/h1-5,8-14,22H,6-7,15-17H2. The summed E-state index contributed by atoms with van der Waals surface area (Å²) in [5, 5.41) is 5.90. The van der Waals surface area contributed by atoms with Crippen LogP contribution in [0.5, 0.6) is 5.75 Å². The molecule has 0 fully saturated rings. The number of rotatable bonds is 8. The van der Waals surface area contributed by atoms with E-state index in [2.05, 4.69) is 72.0 Å². The molecular formula is C21H23NO. The van der Waals surface area contributed by atoms with Crippen molar-refractivity contribution in [2.45, 2.75) is 19.4 Å². The van der Waals surface area contributed by atoms with Crippen LogP contribution in [0.25, 0.3) is 10.8 Å².